The van der Waals surface area contributed by atoms with Crippen molar-refractivity contribution in [3.8, 4) is 0 Å². The minimum atomic E-state index is -0.677. The summed E-state index contributed by atoms with van der Waals surface area (Å²) in [6.45, 7) is 5.62. The van der Waals surface area contributed by atoms with Gasteiger partial charge in [-0.2, -0.15) is 0 Å². The van der Waals surface area contributed by atoms with Gasteiger partial charge in [-0.25, -0.2) is 0 Å². The number of carbonyl (C=O) groups is 1. The van der Waals surface area contributed by atoms with Crippen LogP contribution in [-0.4, -0.2) is 34.6 Å². The topological polar surface area (TPSA) is 40.5 Å². The van der Waals surface area contributed by atoms with Crippen LogP contribution >= 0.6 is 0 Å². The smallest absolute Gasteiger partial charge is 0.323 e. The minimum absolute atomic E-state index is 0.604. The summed E-state index contributed by atoms with van der Waals surface area (Å²) in [5.41, 5.74) is -0.604. The number of nitrogens with zero attached hydrogens (tertiary/aromatic N) is 1. The van der Waals surface area contributed by atoms with Gasteiger partial charge in [0.15, 0.2) is 0 Å². The largest absolute Gasteiger partial charge is 0.480 e. The molecule has 70 valence electrons. The van der Waals surface area contributed by atoms with Gasteiger partial charge in [0.2, 0.25) is 0 Å². The number of hydrogen-bond donors (Lipinski definition) is 1. The van der Waals surface area contributed by atoms with Crippen molar-refractivity contribution in [2.75, 3.05) is 13.1 Å². The van der Waals surface area contributed by atoms with E-state index in [1.165, 1.54) is 0 Å². The third-order valence-electron chi connectivity index (χ3n) is 2.88. The summed E-state index contributed by atoms with van der Waals surface area (Å²) in [6.07, 6.45) is 2.96. The fraction of sp³-hybridized carbons (Fsp3) is 0.889. The summed E-state index contributed by atoms with van der Waals surface area (Å²) in [5, 5.41) is 9.06. The zero-order valence-electron chi connectivity index (χ0n) is 7.84. The van der Waals surface area contributed by atoms with E-state index in [-0.39, 0.29) is 0 Å². The second-order valence-electron chi connectivity index (χ2n) is 3.62. The molecule has 3 nitrogen and oxygen atoms in total. The highest BCUT2D eigenvalue weighted by atomic mass is 16.4. The van der Waals surface area contributed by atoms with Crippen molar-refractivity contribution in [2.24, 2.45) is 0 Å². The Labute approximate surface area is 73.4 Å². The van der Waals surface area contributed by atoms with E-state index in [2.05, 4.69) is 4.90 Å². The summed E-state index contributed by atoms with van der Waals surface area (Å²) in [4.78, 5) is 13.1. The second-order valence-corrected chi connectivity index (χ2v) is 3.62. The van der Waals surface area contributed by atoms with Crippen molar-refractivity contribution in [1.82, 2.24) is 4.90 Å². The summed E-state index contributed by atoms with van der Waals surface area (Å²) in [6, 6.07) is 0. The Bertz CT molecular complexity index is 181. The molecule has 1 saturated heterocycles. The lowest BCUT2D eigenvalue weighted by Gasteiger charge is -2.40. The molecule has 0 amide bonds. The zero-order valence-corrected chi connectivity index (χ0v) is 7.84. The lowest BCUT2D eigenvalue weighted by atomic mass is 9.88. The van der Waals surface area contributed by atoms with Crippen LogP contribution in [0, 0.1) is 0 Å². The van der Waals surface area contributed by atoms with Gasteiger partial charge in [-0.1, -0.05) is 6.92 Å². The van der Waals surface area contributed by atoms with Crippen molar-refractivity contribution in [3.05, 3.63) is 0 Å². The zero-order chi connectivity index (χ0) is 9.19. The van der Waals surface area contributed by atoms with Crippen LogP contribution < -0.4 is 0 Å². The lowest BCUT2D eigenvalue weighted by Crippen LogP contribution is -2.54. The van der Waals surface area contributed by atoms with Gasteiger partial charge in [-0.05, 0) is 39.3 Å². The Hall–Kier alpha value is -0.570. The van der Waals surface area contributed by atoms with Gasteiger partial charge in [0, 0.05) is 0 Å². The van der Waals surface area contributed by atoms with Gasteiger partial charge >= 0.3 is 5.97 Å². The van der Waals surface area contributed by atoms with Crippen molar-refractivity contribution in [2.45, 2.75) is 38.6 Å². The Kier molecular flexibility index (Phi) is 2.73. The molecular formula is C9H17NO2. The van der Waals surface area contributed by atoms with Crippen LogP contribution in [0.1, 0.15) is 33.1 Å². The van der Waals surface area contributed by atoms with Gasteiger partial charge in [-0.15, -0.1) is 0 Å². The number of likely N-dealkylation sites (tertiary alicyclic amines) is 1. The van der Waals surface area contributed by atoms with Crippen LogP contribution in [0.5, 0.6) is 0 Å². The summed E-state index contributed by atoms with van der Waals surface area (Å²) < 4.78 is 0. The van der Waals surface area contributed by atoms with Crippen molar-refractivity contribution in [1.29, 1.82) is 0 Å². The van der Waals surface area contributed by atoms with Crippen molar-refractivity contribution >= 4 is 5.97 Å². The molecule has 0 spiro atoms. The first-order valence-electron chi connectivity index (χ1n) is 4.59. The molecule has 1 aliphatic rings. The van der Waals surface area contributed by atoms with Crippen LogP contribution in [0.4, 0.5) is 0 Å². The molecule has 1 unspecified atom stereocenters. The number of carboxylic acids is 1. The highest BCUT2D eigenvalue weighted by Crippen LogP contribution is 2.27. The van der Waals surface area contributed by atoms with Crippen LogP contribution in [0.15, 0.2) is 0 Å². The fourth-order valence-corrected chi connectivity index (χ4v) is 1.93. The number of carboxylic acid groups (broad SMARTS) is 1. The lowest BCUT2D eigenvalue weighted by molar-refractivity contribution is -0.152. The molecule has 1 aliphatic heterocycles. The maximum atomic E-state index is 11.0. The van der Waals surface area contributed by atoms with Crippen LogP contribution in [0.3, 0.4) is 0 Å². The van der Waals surface area contributed by atoms with E-state index in [0.29, 0.717) is 0 Å². The molecule has 1 atom stereocenters. The predicted molar refractivity (Wildman–Crippen MR) is 47.1 cm³/mol. The molecule has 1 N–H and O–H groups in total. The van der Waals surface area contributed by atoms with E-state index in [0.717, 1.165) is 32.4 Å². The normalized spacial score (nSPS) is 31.8. The molecule has 0 saturated carbocycles. The Balaban J connectivity index is 2.75. The SMILES string of the molecule is CCN1CCCCC1(C)C(=O)O. The monoisotopic (exact) mass is 171 g/mol. The van der Waals surface area contributed by atoms with Crippen molar-refractivity contribution in [3.63, 3.8) is 0 Å². The molecule has 0 aromatic rings. The van der Waals surface area contributed by atoms with E-state index in [1.54, 1.807) is 0 Å². The van der Waals surface area contributed by atoms with Gasteiger partial charge in [0.05, 0.1) is 0 Å². The highest BCUT2D eigenvalue weighted by Gasteiger charge is 2.40. The molecule has 0 bridgehead atoms. The molecule has 1 fully saturated rings. The third kappa shape index (κ3) is 1.46. The van der Waals surface area contributed by atoms with Gasteiger partial charge < -0.3 is 5.11 Å². The molecule has 1 rings (SSSR count). The quantitative estimate of drug-likeness (QED) is 0.681. The third-order valence-corrected chi connectivity index (χ3v) is 2.88. The van der Waals surface area contributed by atoms with E-state index in [4.69, 9.17) is 5.11 Å². The number of likely N-dealkylation sites (N-methyl/N-ethyl adjacent to an activating group) is 1. The minimum Gasteiger partial charge on any atom is -0.480 e. The average molecular weight is 171 g/mol. The van der Waals surface area contributed by atoms with Crippen LogP contribution in [0.2, 0.25) is 0 Å². The summed E-state index contributed by atoms with van der Waals surface area (Å²) in [7, 11) is 0. The maximum absolute atomic E-state index is 11.0. The molecular weight excluding hydrogens is 154 g/mol. The van der Waals surface area contributed by atoms with E-state index < -0.39 is 11.5 Å². The Morgan fingerprint density at radius 1 is 1.58 bits per heavy atom. The van der Waals surface area contributed by atoms with Gasteiger partial charge in [0.1, 0.15) is 5.54 Å². The summed E-state index contributed by atoms with van der Waals surface area (Å²) >= 11 is 0. The Morgan fingerprint density at radius 2 is 2.25 bits per heavy atom. The molecule has 0 aromatic carbocycles. The average Bonchev–Trinajstić information content (AvgIpc) is 2.05. The first-order chi connectivity index (χ1) is 5.61. The molecule has 0 aliphatic carbocycles. The fourth-order valence-electron chi connectivity index (χ4n) is 1.93. The Morgan fingerprint density at radius 3 is 2.67 bits per heavy atom. The summed E-state index contributed by atoms with van der Waals surface area (Å²) in [5.74, 6) is -0.677. The number of hydrogen-bond acceptors (Lipinski definition) is 2. The maximum Gasteiger partial charge on any atom is 0.323 e. The van der Waals surface area contributed by atoms with E-state index >= 15 is 0 Å². The molecule has 3 heteroatoms. The van der Waals surface area contributed by atoms with Crippen molar-refractivity contribution < 1.29 is 9.90 Å². The molecule has 0 aromatic heterocycles. The second kappa shape index (κ2) is 3.44. The molecule has 1 heterocycles. The first-order valence-corrected chi connectivity index (χ1v) is 4.59. The number of rotatable bonds is 2. The van der Waals surface area contributed by atoms with E-state index in [1.807, 2.05) is 13.8 Å². The van der Waals surface area contributed by atoms with Gasteiger partial charge in [-0.3, -0.25) is 9.69 Å². The number of piperidine rings is 1. The standard InChI is InChI=1S/C9H17NO2/c1-3-10-7-5-4-6-9(10,2)8(11)12/h3-7H2,1-2H3,(H,11,12). The van der Waals surface area contributed by atoms with Crippen LogP contribution in [0.25, 0.3) is 0 Å². The highest BCUT2D eigenvalue weighted by molar-refractivity contribution is 5.78. The van der Waals surface area contributed by atoms with Crippen LogP contribution in [-0.2, 0) is 4.79 Å². The predicted octanol–water partition coefficient (Wildman–Crippen LogP) is 1.34. The van der Waals surface area contributed by atoms with Gasteiger partial charge in [0.25, 0.3) is 0 Å². The van der Waals surface area contributed by atoms with E-state index in [9.17, 15) is 4.79 Å². The molecule has 12 heavy (non-hydrogen) atoms. The number of aliphatic carboxylic acids is 1. The first kappa shape index (κ1) is 9.52. The molecule has 0 radical (unpaired) electrons.